The summed E-state index contributed by atoms with van der Waals surface area (Å²) in [6, 6.07) is 2.67. The van der Waals surface area contributed by atoms with E-state index in [0.717, 1.165) is 38.4 Å². The van der Waals surface area contributed by atoms with Crippen LogP contribution in [0.25, 0.3) is 0 Å². The first-order chi connectivity index (χ1) is 11.8. The van der Waals surface area contributed by atoms with E-state index in [1.54, 1.807) is 0 Å². The van der Waals surface area contributed by atoms with Gasteiger partial charge in [0, 0.05) is 25.2 Å². The van der Waals surface area contributed by atoms with E-state index in [-0.39, 0.29) is 12.1 Å². The highest BCUT2D eigenvalue weighted by atomic mass is 19.4. The summed E-state index contributed by atoms with van der Waals surface area (Å²) in [5, 5.41) is 10.9. The first kappa shape index (κ1) is 18.6. The molecule has 0 saturated carbocycles. The van der Waals surface area contributed by atoms with Gasteiger partial charge in [0.1, 0.15) is 5.82 Å². The number of nitrogens with zero attached hydrogens (tertiary/aromatic N) is 2. The molecule has 0 amide bonds. The summed E-state index contributed by atoms with van der Waals surface area (Å²) in [6.45, 7) is 3.95. The third-order valence-corrected chi connectivity index (χ3v) is 5.13. The maximum Gasteiger partial charge on any atom is 0.416 e. The Labute approximate surface area is 145 Å². The van der Waals surface area contributed by atoms with Gasteiger partial charge in [-0.15, -0.1) is 0 Å². The van der Waals surface area contributed by atoms with Gasteiger partial charge in [-0.3, -0.25) is 4.90 Å². The number of likely N-dealkylation sites (tertiary alicyclic amines) is 2. The van der Waals surface area contributed by atoms with Gasteiger partial charge in [-0.1, -0.05) is 6.07 Å². The van der Waals surface area contributed by atoms with Crippen molar-refractivity contribution in [1.82, 2.24) is 9.80 Å². The Morgan fingerprint density at radius 2 is 1.72 bits per heavy atom. The Hall–Kier alpha value is -1.18. The van der Waals surface area contributed by atoms with E-state index in [2.05, 4.69) is 4.90 Å². The van der Waals surface area contributed by atoms with Crippen LogP contribution >= 0.6 is 0 Å². The van der Waals surface area contributed by atoms with Gasteiger partial charge in [0.15, 0.2) is 0 Å². The Bertz CT molecular complexity index is 601. The number of hydrogen-bond acceptors (Lipinski definition) is 3. The van der Waals surface area contributed by atoms with Crippen LogP contribution in [0.3, 0.4) is 0 Å². The highest BCUT2D eigenvalue weighted by Gasteiger charge is 2.36. The van der Waals surface area contributed by atoms with Gasteiger partial charge in [-0.05, 0) is 57.5 Å². The molecule has 1 aromatic rings. The molecule has 3 nitrogen and oxygen atoms in total. The predicted octanol–water partition coefficient (Wildman–Crippen LogP) is 3.27. The molecule has 0 unspecified atom stereocenters. The van der Waals surface area contributed by atoms with Gasteiger partial charge in [-0.2, -0.15) is 13.2 Å². The first-order valence-corrected chi connectivity index (χ1v) is 8.78. The van der Waals surface area contributed by atoms with Crippen molar-refractivity contribution in [2.75, 3.05) is 32.7 Å². The Morgan fingerprint density at radius 1 is 1.04 bits per heavy atom. The van der Waals surface area contributed by atoms with Crippen molar-refractivity contribution in [2.24, 2.45) is 0 Å². The molecule has 3 rings (SSSR count). The monoisotopic (exact) mass is 360 g/mol. The molecule has 2 aliphatic rings. The zero-order valence-electron chi connectivity index (χ0n) is 14.2. The van der Waals surface area contributed by atoms with E-state index in [1.807, 2.05) is 4.90 Å². The van der Waals surface area contributed by atoms with Crippen molar-refractivity contribution in [3.05, 3.63) is 35.1 Å². The van der Waals surface area contributed by atoms with Crippen molar-refractivity contribution in [3.8, 4) is 0 Å². The van der Waals surface area contributed by atoms with E-state index in [9.17, 15) is 22.7 Å². The van der Waals surface area contributed by atoms with Crippen molar-refractivity contribution in [1.29, 1.82) is 0 Å². The van der Waals surface area contributed by atoms with E-state index in [0.29, 0.717) is 32.1 Å². The fourth-order valence-electron chi connectivity index (χ4n) is 3.92. The topological polar surface area (TPSA) is 26.7 Å². The number of rotatable bonds is 4. The predicted molar refractivity (Wildman–Crippen MR) is 86.5 cm³/mol. The van der Waals surface area contributed by atoms with Crippen LogP contribution in [0, 0.1) is 5.82 Å². The molecule has 1 aromatic carbocycles. The molecule has 25 heavy (non-hydrogen) atoms. The normalized spacial score (nSPS) is 26.3. The van der Waals surface area contributed by atoms with Crippen molar-refractivity contribution in [3.63, 3.8) is 0 Å². The minimum absolute atomic E-state index is 0.215. The molecule has 0 aromatic heterocycles. The highest BCUT2D eigenvalue weighted by Crippen LogP contribution is 2.31. The quantitative estimate of drug-likeness (QED) is 0.835. The van der Waals surface area contributed by atoms with E-state index in [1.165, 1.54) is 6.07 Å². The van der Waals surface area contributed by atoms with Crippen molar-refractivity contribution >= 4 is 0 Å². The summed E-state index contributed by atoms with van der Waals surface area (Å²) in [7, 11) is 0. The standard InChI is InChI=1S/C18H24F4N2O/c19-16-10-15(18(20,21)22)5-4-14(16)11-24-9-3-6-17(25,13-24)12-23-7-1-2-8-23/h4-5,10,25H,1-3,6-9,11-13H2/t17-/m0/s1. The van der Waals surface area contributed by atoms with E-state index in [4.69, 9.17) is 0 Å². The van der Waals surface area contributed by atoms with Crippen LogP contribution in [0.2, 0.25) is 0 Å². The third-order valence-electron chi connectivity index (χ3n) is 5.13. The average Bonchev–Trinajstić information content (AvgIpc) is 3.00. The molecular formula is C18H24F4N2O. The van der Waals surface area contributed by atoms with Crippen LogP contribution in [-0.2, 0) is 12.7 Å². The first-order valence-electron chi connectivity index (χ1n) is 8.78. The Morgan fingerprint density at radius 3 is 2.36 bits per heavy atom. The van der Waals surface area contributed by atoms with Gasteiger partial charge < -0.3 is 10.0 Å². The van der Waals surface area contributed by atoms with Gasteiger partial charge in [0.05, 0.1) is 11.2 Å². The molecule has 2 saturated heterocycles. The number of aliphatic hydroxyl groups is 1. The zero-order chi connectivity index (χ0) is 18.1. The average molecular weight is 360 g/mol. The summed E-state index contributed by atoms with van der Waals surface area (Å²) in [5.41, 5.74) is -1.57. The zero-order valence-corrected chi connectivity index (χ0v) is 14.2. The highest BCUT2D eigenvalue weighted by molar-refractivity contribution is 5.26. The number of β-amino-alcohol motifs (C(OH)–C–C–N with tert-alkyl or cyclic N) is 1. The van der Waals surface area contributed by atoms with Crippen LogP contribution in [0.15, 0.2) is 18.2 Å². The fraction of sp³-hybridized carbons (Fsp3) is 0.667. The summed E-state index contributed by atoms with van der Waals surface area (Å²) < 4.78 is 52.0. The van der Waals surface area contributed by atoms with E-state index >= 15 is 0 Å². The van der Waals surface area contributed by atoms with Crippen LogP contribution in [0.4, 0.5) is 17.6 Å². The lowest BCUT2D eigenvalue weighted by Gasteiger charge is -2.41. The Balaban J connectivity index is 1.64. The molecule has 1 N–H and O–H groups in total. The van der Waals surface area contributed by atoms with Crippen LogP contribution in [-0.4, -0.2) is 53.2 Å². The number of halogens is 4. The van der Waals surface area contributed by atoms with Gasteiger partial charge in [0.2, 0.25) is 0 Å². The van der Waals surface area contributed by atoms with Crippen LogP contribution in [0.5, 0.6) is 0 Å². The molecule has 0 spiro atoms. The summed E-state index contributed by atoms with van der Waals surface area (Å²) in [4.78, 5) is 4.19. The molecule has 1 atom stereocenters. The number of piperidine rings is 1. The maximum atomic E-state index is 14.1. The lowest BCUT2D eigenvalue weighted by Crippen LogP contribution is -2.53. The summed E-state index contributed by atoms with van der Waals surface area (Å²) >= 11 is 0. The smallest absolute Gasteiger partial charge is 0.387 e. The molecule has 2 fully saturated rings. The van der Waals surface area contributed by atoms with Gasteiger partial charge in [-0.25, -0.2) is 4.39 Å². The van der Waals surface area contributed by atoms with Gasteiger partial charge >= 0.3 is 6.18 Å². The van der Waals surface area contributed by atoms with Crippen molar-refractivity contribution < 1.29 is 22.7 Å². The molecule has 2 heterocycles. The van der Waals surface area contributed by atoms with Crippen LogP contribution < -0.4 is 0 Å². The minimum Gasteiger partial charge on any atom is -0.387 e. The number of alkyl halides is 3. The second-order valence-electron chi connectivity index (χ2n) is 7.33. The van der Waals surface area contributed by atoms with Crippen molar-refractivity contribution in [2.45, 2.75) is 44.0 Å². The molecule has 0 radical (unpaired) electrons. The maximum absolute atomic E-state index is 14.1. The second kappa shape index (κ2) is 7.21. The van der Waals surface area contributed by atoms with Crippen LogP contribution in [0.1, 0.15) is 36.8 Å². The number of hydrogen-bond donors (Lipinski definition) is 1. The molecule has 7 heteroatoms. The molecular weight excluding hydrogens is 336 g/mol. The molecule has 0 aliphatic carbocycles. The van der Waals surface area contributed by atoms with Gasteiger partial charge in [0.25, 0.3) is 0 Å². The third kappa shape index (κ3) is 4.71. The second-order valence-corrected chi connectivity index (χ2v) is 7.33. The summed E-state index contributed by atoms with van der Waals surface area (Å²) in [6.07, 6.45) is -0.740. The molecule has 0 bridgehead atoms. The van der Waals surface area contributed by atoms with E-state index < -0.39 is 23.2 Å². The molecule has 2 aliphatic heterocycles. The molecule has 140 valence electrons. The lowest BCUT2D eigenvalue weighted by atomic mass is 9.92. The largest absolute Gasteiger partial charge is 0.416 e. The Kier molecular flexibility index (Phi) is 5.37. The minimum atomic E-state index is -4.54. The lowest BCUT2D eigenvalue weighted by molar-refractivity contribution is -0.137. The fourth-order valence-corrected chi connectivity index (χ4v) is 3.92. The summed E-state index contributed by atoms with van der Waals surface area (Å²) in [5.74, 6) is -0.844. The SMILES string of the molecule is O[C@]1(CN2CCCC2)CCCN(Cc2ccc(C(F)(F)F)cc2F)C1. The number of benzene rings is 1.